The summed E-state index contributed by atoms with van der Waals surface area (Å²) < 4.78 is 0. The second-order valence-corrected chi connectivity index (χ2v) is 5.10. The van der Waals surface area contributed by atoms with E-state index in [1.807, 2.05) is 66.9 Å². The molecule has 0 fully saturated rings. The van der Waals surface area contributed by atoms with Crippen molar-refractivity contribution in [3.63, 3.8) is 0 Å². The number of benzene rings is 2. The Labute approximate surface area is 125 Å². The third kappa shape index (κ3) is 3.29. The molecule has 0 spiro atoms. The zero-order valence-electron chi connectivity index (χ0n) is 11.8. The minimum Gasteiger partial charge on any atom is -0.369 e. The molecular formula is C19H17NO. The van der Waals surface area contributed by atoms with Gasteiger partial charge < -0.3 is 4.90 Å². The van der Waals surface area contributed by atoms with Crippen molar-refractivity contribution in [2.75, 3.05) is 6.54 Å². The SMILES string of the molecule is O=C(C1=CN(Cc2ccccc2)CC=C1)c1ccccc1. The summed E-state index contributed by atoms with van der Waals surface area (Å²) in [6.07, 6.45) is 5.91. The van der Waals surface area contributed by atoms with Gasteiger partial charge >= 0.3 is 0 Å². The average molecular weight is 275 g/mol. The minimum atomic E-state index is 0.0737. The molecule has 0 unspecified atom stereocenters. The van der Waals surface area contributed by atoms with Crippen LogP contribution >= 0.6 is 0 Å². The molecule has 1 heterocycles. The second-order valence-electron chi connectivity index (χ2n) is 5.10. The number of carbonyl (C=O) groups is 1. The van der Waals surface area contributed by atoms with Crippen LogP contribution in [-0.2, 0) is 6.54 Å². The Bertz CT molecular complexity index is 671. The Morgan fingerprint density at radius 1 is 0.952 bits per heavy atom. The zero-order chi connectivity index (χ0) is 14.5. The van der Waals surface area contributed by atoms with Crippen molar-refractivity contribution >= 4 is 5.78 Å². The van der Waals surface area contributed by atoms with Crippen LogP contribution < -0.4 is 0 Å². The van der Waals surface area contributed by atoms with E-state index < -0.39 is 0 Å². The summed E-state index contributed by atoms with van der Waals surface area (Å²) in [5.41, 5.74) is 2.72. The first-order chi connectivity index (χ1) is 10.3. The highest BCUT2D eigenvalue weighted by Gasteiger charge is 2.14. The molecule has 0 bridgehead atoms. The van der Waals surface area contributed by atoms with Crippen molar-refractivity contribution in [3.8, 4) is 0 Å². The van der Waals surface area contributed by atoms with Crippen molar-refractivity contribution in [2.24, 2.45) is 0 Å². The number of hydrogen-bond acceptors (Lipinski definition) is 2. The van der Waals surface area contributed by atoms with Crippen molar-refractivity contribution in [3.05, 3.63) is 95.7 Å². The average Bonchev–Trinajstić information content (AvgIpc) is 2.56. The summed E-state index contributed by atoms with van der Waals surface area (Å²) in [7, 11) is 0. The number of carbonyl (C=O) groups excluding carboxylic acids is 1. The number of nitrogens with zero attached hydrogens (tertiary/aromatic N) is 1. The molecule has 1 aliphatic heterocycles. The molecule has 0 saturated carbocycles. The monoisotopic (exact) mass is 275 g/mol. The normalized spacial score (nSPS) is 13.9. The highest BCUT2D eigenvalue weighted by molar-refractivity contribution is 6.10. The first-order valence-corrected chi connectivity index (χ1v) is 7.09. The van der Waals surface area contributed by atoms with E-state index in [9.17, 15) is 4.79 Å². The number of rotatable bonds is 4. The van der Waals surface area contributed by atoms with E-state index >= 15 is 0 Å². The van der Waals surface area contributed by atoms with E-state index in [-0.39, 0.29) is 5.78 Å². The smallest absolute Gasteiger partial charge is 0.194 e. The van der Waals surface area contributed by atoms with Gasteiger partial charge in [0.05, 0.1) is 0 Å². The maximum atomic E-state index is 12.5. The van der Waals surface area contributed by atoms with Crippen LogP contribution in [0.2, 0.25) is 0 Å². The first-order valence-electron chi connectivity index (χ1n) is 7.09. The van der Waals surface area contributed by atoms with E-state index in [0.29, 0.717) is 0 Å². The molecule has 0 amide bonds. The number of hydrogen-bond donors (Lipinski definition) is 0. The van der Waals surface area contributed by atoms with E-state index in [2.05, 4.69) is 17.0 Å². The molecule has 0 saturated heterocycles. The maximum absolute atomic E-state index is 12.5. The molecule has 0 N–H and O–H groups in total. The Balaban J connectivity index is 1.77. The quantitative estimate of drug-likeness (QED) is 0.790. The molecule has 0 aliphatic carbocycles. The molecule has 0 atom stereocenters. The fourth-order valence-corrected chi connectivity index (χ4v) is 2.43. The van der Waals surface area contributed by atoms with Gasteiger partial charge in [-0.05, 0) is 5.56 Å². The van der Waals surface area contributed by atoms with Crippen molar-refractivity contribution in [1.29, 1.82) is 0 Å². The van der Waals surface area contributed by atoms with Crippen LogP contribution in [0.1, 0.15) is 15.9 Å². The standard InChI is InChI=1S/C19H17NO/c21-19(17-10-5-2-6-11-17)18-12-7-13-20(15-18)14-16-8-3-1-4-9-16/h1-12,15H,13-14H2. The fraction of sp³-hybridized carbons (Fsp3) is 0.105. The summed E-state index contributed by atoms with van der Waals surface area (Å²) in [5, 5.41) is 0. The molecule has 2 heteroatoms. The van der Waals surface area contributed by atoms with Gasteiger partial charge in [-0.25, -0.2) is 0 Å². The molecule has 2 nitrogen and oxygen atoms in total. The molecule has 3 rings (SSSR count). The zero-order valence-corrected chi connectivity index (χ0v) is 11.8. The molecule has 0 radical (unpaired) electrons. The van der Waals surface area contributed by atoms with Crippen LogP contribution in [-0.4, -0.2) is 17.2 Å². The largest absolute Gasteiger partial charge is 0.369 e. The summed E-state index contributed by atoms with van der Waals surface area (Å²) in [4.78, 5) is 14.6. The Kier molecular flexibility index (Phi) is 3.97. The van der Waals surface area contributed by atoms with E-state index in [1.54, 1.807) is 0 Å². The lowest BCUT2D eigenvalue weighted by atomic mass is 10.0. The second kappa shape index (κ2) is 6.23. The van der Waals surface area contributed by atoms with Crippen LogP contribution in [0.25, 0.3) is 0 Å². The lowest BCUT2D eigenvalue weighted by Gasteiger charge is -2.23. The minimum absolute atomic E-state index is 0.0737. The number of ketones is 1. The van der Waals surface area contributed by atoms with Crippen LogP contribution in [0, 0.1) is 0 Å². The van der Waals surface area contributed by atoms with Gasteiger partial charge in [-0.2, -0.15) is 0 Å². The maximum Gasteiger partial charge on any atom is 0.194 e. The van der Waals surface area contributed by atoms with Crippen molar-refractivity contribution in [1.82, 2.24) is 4.90 Å². The van der Waals surface area contributed by atoms with Gasteiger partial charge in [0.1, 0.15) is 0 Å². The van der Waals surface area contributed by atoms with Crippen LogP contribution in [0.4, 0.5) is 0 Å². The summed E-state index contributed by atoms with van der Waals surface area (Å²) >= 11 is 0. The van der Waals surface area contributed by atoms with Gasteiger partial charge in [0.15, 0.2) is 5.78 Å². The fourth-order valence-electron chi connectivity index (χ4n) is 2.43. The molecule has 0 aromatic heterocycles. The van der Waals surface area contributed by atoms with Gasteiger partial charge in [-0.15, -0.1) is 0 Å². The highest BCUT2D eigenvalue weighted by Crippen LogP contribution is 2.16. The molecule has 2 aromatic rings. The summed E-state index contributed by atoms with van der Waals surface area (Å²) in [6.45, 7) is 1.65. The van der Waals surface area contributed by atoms with Crippen LogP contribution in [0.15, 0.2) is 84.6 Å². The Hall–Kier alpha value is -2.61. The molecule has 1 aliphatic rings. The van der Waals surface area contributed by atoms with Crippen LogP contribution in [0.3, 0.4) is 0 Å². The first kappa shape index (κ1) is 13.4. The predicted molar refractivity (Wildman–Crippen MR) is 84.8 cm³/mol. The van der Waals surface area contributed by atoms with E-state index in [0.717, 1.165) is 24.2 Å². The lowest BCUT2D eigenvalue weighted by molar-refractivity contribution is 0.103. The number of Topliss-reactive ketones (excluding diaryl/α,β-unsaturated/α-hetero) is 1. The van der Waals surface area contributed by atoms with Crippen LogP contribution in [0.5, 0.6) is 0 Å². The molecule has 104 valence electrons. The number of allylic oxidation sites excluding steroid dienone is 2. The molecular weight excluding hydrogens is 258 g/mol. The molecule has 21 heavy (non-hydrogen) atoms. The Morgan fingerprint density at radius 2 is 1.62 bits per heavy atom. The van der Waals surface area contributed by atoms with Gasteiger partial charge in [0, 0.05) is 30.4 Å². The van der Waals surface area contributed by atoms with Crippen molar-refractivity contribution < 1.29 is 4.79 Å². The predicted octanol–water partition coefficient (Wildman–Crippen LogP) is 3.83. The van der Waals surface area contributed by atoms with Gasteiger partial charge in [0.2, 0.25) is 0 Å². The van der Waals surface area contributed by atoms with Gasteiger partial charge in [-0.3, -0.25) is 4.79 Å². The van der Waals surface area contributed by atoms with E-state index in [4.69, 9.17) is 0 Å². The molecule has 2 aromatic carbocycles. The highest BCUT2D eigenvalue weighted by atomic mass is 16.1. The third-order valence-corrected chi connectivity index (χ3v) is 3.49. The Morgan fingerprint density at radius 3 is 2.33 bits per heavy atom. The van der Waals surface area contributed by atoms with Crippen molar-refractivity contribution in [2.45, 2.75) is 6.54 Å². The van der Waals surface area contributed by atoms with Gasteiger partial charge in [0.25, 0.3) is 0 Å². The summed E-state index contributed by atoms with van der Waals surface area (Å²) in [5.74, 6) is 0.0737. The summed E-state index contributed by atoms with van der Waals surface area (Å²) in [6, 6.07) is 19.7. The third-order valence-electron chi connectivity index (χ3n) is 3.49. The van der Waals surface area contributed by atoms with E-state index in [1.165, 1.54) is 5.56 Å². The lowest BCUT2D eigenvalue weighted by Crippen LogP contribution is -2.21. The van der Waals surface area contributed by atoms with Gasteiger partial charge in [-0.1, -0.05) is 72.8 Å². The topological polar surface area (TPSA) is 20.3 Å².